The van der Waals surface area contributed by atoms with Gasteiger partial charge in [-0.2, -0.15) is 0 Å². The average molecular weight is 172 g/mol. The number of rotatable bonds is 6. The molecule has 0 N–H and O–H groups in total. The second kappa shape index (κ2) is 5.31. The first kappa shape index (κ1) is 11.6. The fraction of sp³-hybridized carbons (Fsp3) is 0.900. The molecule has 0 amide bonds. The van der Waals surface area contributed by atoms with Gasteiger partial charge < -0.3 is 9.53 Å². The van der Waals surface area contributed by atoms with E-state index < -0.39 is 0 Å². The van der Waals surface area contributed by atoms with Gasteiger partial charge in [0.05, 0.1) is 6.61 Å². The van der Waals surface area contributed by atoms with Crippen LogP contribution in [0.2, 0.25) is 0 Å². The van der Waals surface area contributed by atoms with Crippen molar-refractivity contribution in [3.05, 3.63) is 0 Å². The standard InChI is InChI=1S/C10H20O2/c1-5-9(2)6-12-8-10(3,4)7-11/h7,9H,5-6,8H2,1-4H3. The van der Waals surface area contributed by atoms with Crippen LogP contribution in [0.25, 0.3) is 0 Å². The molecule has 72 valence electrons. The summed E-state index contributed by atoms with van der Waals surface area (Å²) in [4.78, 5) is 10.5. The number of carbonyl (C=O) groups is 1. The van der Waals surface area contributed by atoms with Crippen LogP contribution in [0.1, 0.15) is 34.1 Å². The van der Waals surface area contributed by atoms with E-state index in [1.165, 1.54) is 0 Å². The second-order valence-corrected chi connectivity index (χ2v) is 4.13. The molecule has 0 spiro atoms. The highest BCUT2D eigenvalue weighted by Gasteiger charge is 2.16. The van der Waals surface area contributed by atoms with Crippen LogP contribution in [0, 0.1) is 11.3 Å². The Labute approximate surface area is 75.3 Å². The van der Waals surface area contributed by atoms with E-state index in [2.05, 4.69) is 13.8 Å². The Morgan fingerprint density at radius 3 is 2.50 bits per heavy atom. The summed E-state index contributed by atoms with van der Waals surface area (Å²) in [5.41, 5.74) is -0.326. The minimum absolute atomic E-state index is 0.326. The Morgan fingerprint density at radius 2 is 2.08 bits per heavy atom. The summed E-state index contributed by atoms with van der Waals surface area (Å²) in [6.07, 6.45) is 2.07. The van der Waals surface area contributed by atoms with Gasteiger partial charge >= 0.3 is 0 Å². The molecule has 0 aliphatic carbocycles. The first-order valence-electron chi connectivity index (χ1n) is 4.56. The van der Waals surface area contributed by atoms with Gasteiger partial charge in [-0.25, -0.2) is 0 Å². The molecular weight excluding hydrogens is 152 g/mol. The van der Waals surface area contributed by atoms with Crippen molar-refractivity contribution in [2.45, 2.75) is 34.1 Å². The smallest absolute Gasteiger partial charge is 0.127 e. The quantitative estimate of drug-likeness (QED) is 0.574. The highest BCUT2D eigenvalue weighted by atomic mass is 16.5. The van der Waals surface area contributed by atoms with Crippen molar-refractivity contribution >= 4 is 6.29 Å². The molecule has 0 aromatic carbocycles. The van der Waals surface area contributed by atoms with E-state index in [1.54, 1.807) is 0 Å². The molecule has 0 rings (SSSR count). The molecule has 0 aromatic heterocycles. The van der Waals surface area contributed by atoms with E-state index in [0.717, 1.165) is 19.3 Å². The molecule has 0 saturated carbocycles. The first-order chi connectivity index (χ1) is 5.52. The molecule has 0 aliphatic rings. The average Bonchev–Trinajstić information content (AvgIpc) is 2.04. The Hall–Kier alpha value is -0.370. The van der Waals surface area contributed by atoms with Crippen LogP contribution in [-0.4, -0.2) is 19.5 Å². The van der Waals surface area contributed by atoms with Crippen LogP contribution < -0.4 is 0 Å². The van der Waals surface area contributed by atoms with Crippen LogP contribution in [0.15, 0.2) is 0 Å². The Morgan fingerprint density at radius 1 is 1.50 bits per heavy atom. The minimum Gasteiger partial charge on any atom is -0.380 e. The summed E-state index contributed by atoms with van der Waals surface area (Å²) in [5, 5.41) is 0. The van der Waals surface area contributed by atoms with Crippen molar-refractivity contribution < 1.29 is 9.53 Å². The van der Waals surface area contributed by atoms with Crippen molar-refractivity contribution in [2.75, 3.05) is 13.2 Å². The lowest BCUT2D eigenvalue weighted by Gasteiger charge is -2.18. The van der Waals surface area contributed by atoms with Gasteiger partial charge in [0.2, 0.25) is 0 Å². The molecule has 0 bridgehead atoms. The zero-order valence-electron chi connectivity index (χ0n) is 8.59. The first-order valence-corrected chi connectivity index (χ1v) is 4.56. The Balaban J connectivity index is 3.49. The van der Waals surface area contributed by atoms with E-state index in [9.17, 15) is 4.79 Å². The highest BCUT2D eigenvalue weighted by Crippen LogP contribution is 2.12. The van der Waals surface area contributed by atoms with Crippen LogP contribution in [0.5, 0.6) is 0 Å². The summed E-state index contributed by atoms with van der Waals surface area (Å²) >= 11 is 0. The topological polar surface area (TPSA) is 26.3 Å². The largest absolute Gasteiger partial charge is 0.380 e. The predicted molar refractivity (Wildman–Crippen MR) is 50.1 cm³/mol. The molecular formula is C10H20O2. The number of carbonyl (C=O) groups excluding carboxylic acids is 1. The third-order valence-corrected chi connectivity index (χ3v) is 1.89. The minimum atomic E-state index is -0.326. The van der Waals surface area contributed by atoms with Gasteiger partial charge in [-0.05, 0) is 5.92 Å². The van der Waals surface area contributed by atoms with Crippen molar-refractivity contribution in [2.24, 2.45) is 11.3 Å². The predicted octanol–water partition coefficient (Wildman–Crippen LogP) is 2.27. The van der Waals surface area contributed by atoms with Gasteiger partial charge in [-0.3, -0.25) is 0 Å². The van der Waals surface area contributed by atoms with Gasteiger partial charge in [0, 0.05) is 12.0 Å². The molecule has 12 heavy (non-hydrogen) atoms. The van der Waals surface area contributed by atoms with Gasteiger partial charge in [0.1, 0.15) is 6.29 Å². The van der Waals surface area contributed by atoms with Gasteiger partial charge in [0.25, 0.3) is 0 Å². The van der Waals surface area contributed by atoms with Crippen LogP contribution in [0.4, 0.5) is 0 Å². The van der Waals surface area contributed by atoms with Crippen molar-refractivity contribution in [3.63, 3.8) is 0 Å². The van der Waals surface area contributed by atoms with Crippen molar-refractivity contribution in [3.8, 4) is 0 Å². The summed E-state index contributed by atoms with van der Waals surface area (Å²) in [7, 11) is 0. The molecule has 0 aromatic rings. The maximum absolute atomic E-state index is 10.5. The third kappa shape index (κ3) is 5.30. The molecule has 1 atom stereocenters. The normalized spacial score (nSPS) is 14.3. The molecule has 0 aliphatic heterocycles. The molecule has 0 fully saturated rings. The zero-order valence-corrected chi connectivity index (χ0v) is 8.59. The summed E-state index contributed by atoms with van der Waals surface area (Å²) < 4.78 is 5.41. The maximum Gasteiger partial charge on any atom is 0.127 e. The van der Waals surface area contributed by atoms with E-state index in [0.29, 0.717) is 12.5 Å². The van der Waals surface area contributed by atoms with Crippen molar-refractivity contribution in [1.82, 2.24) is 0 Å². The summed E-state index contributed by atoms with van der Waals surface area (Å²) in [6, 6.07) is 0. The maximum atomic E-state index is 10.5. The number of aldehydes is 1. The number of hydrogen-bond acceptors (Lipinski definition) is 2. The van der Waals surface area contributed by atoms with Crippen molar-refractivity contribution in [1.29, 1.82) is 0 Å². The number of ether oxygens (including phenoxy) is 1. The van der Waals surface area contributed by atoms with E-state index in [-0.39, 0.29) is 5.41 Å². The molecule has 0 heterocycles. The van der Waals surface area contributed by atoms with E-state index in [4.69, 9.17) is 4.74 Å². The van der Waals surface area contributed by atoms with Gasteiger partial charge in [-0.15, -0.1) is 0 Å². The SMILES string of the molecule is CCC(C)COCC(C)(C)C=O. The number of hydrogen-bond donors (Lipinski definition) is 0. The van der Waals surface area contributed by atoms with Crippen LogP contribution in [-0.2, 0) is 9.53 Å². The lowest BCUT2D eigenvalue weighted by molar-refractivity contribution is -0.117. The molecule has 2 nitrogen and oxygen atoms in total. The highest BCUT2D eigenvalue weighted by molar-refractivity contribution is 5.57. The monoisotopic (exact) mass is 172 g/mol. The molecule has 2 heteroatoms. The van der Waals surface area contributed by atoms with E-state index in [1.807, 2.05) is 13.8 Å². The summed E-state index contributed by atoms with van der Waals surface area (Å²) in [6.45, 7) is 9.34. The molecule has 1 unspecified atom stereocenters. The summed E-state index contributed by atoms with van der Waals surface area (Å²) in [5.74, 6) is 0.590. The molecule has 0 saturated heterocycles. The fourth-order valence-electron chi connectivity index (χ4n) is 0.675. The zero-order chi connectivity index (χ0) is 9.61. The van der Waals surface area contributed by atoms with E-state index >= 15 is 0 Å². The lowest BCUT2D eigenvalue weighted by atomic mass is 9.97. The Bertz CT molecular complexity index is 130. The third-order valence-electron chi connectivity index (χ3n) is 1.89. The van der Waals surface area contributed by atoms with Crippen LogP contribution in [0.3, 0.4) is 0 Å². The Kier molecular flexibility index (Phi) is 5.14. The second-order valence-electron chi connectivity index (χ2n) is 4.13. The molecule has 0 radical (unpaired) electrons. The fourth-order valence-corrected chi connectivity index (χ4v) is 0.675. The van der Waals surface area contributed by atoms with Gasteiger partial charge in [0.15, 0.2) is 0 Å². The lowest BCUT2D eigenvalue weighted by Crippen LogP contribution is -2.22. The van der Waals surface area contributed by atoms with Gasteiger partial charge in [-0.1, -0.05) is 34.1 Å². The van der Waals surface area contributed by atoms with Crippen LogP contribution >= 0.6 is 0 Å².